The lowest BCUT2D eigenvalue weighted by Crippen LogP contribution is -2.44. The summed E-state index contributed by atoms with van der Waals surface area (Å²) in [4.78, 5) is 39.9. The fraction of sp³-hybridized carbons (Fsp3) is 0.333. The topological polar surface area (TPSA) is 128 Å². The number of nitrogens with two attached hydrogens (primary N) is 1. The molecule has 168 valence electrons. The van der Waals surface area contributed by atoms with E-state index in [4.69, 9.17) is 11.1 Å². The molecule has 2 aromatic carbocycles. The van der Waals surface area contributed by atoms with Gasteiger partial charge in [-0.3, -0.25) is 19.9 Å². The highest BCUT2D eigenvalue weighted by Gasteiger charge is 2.55. The average molecular weight is 437 g/mol. The molecule has 0 unspecified atom stereocenters. The van der Waals surface area contributed by atoms with Gasteiger partial charge in [0.1, 0.15) is 17.9 Å². The molecule has 8 heteroatoms. The van der Waals surface area contributed by atoms with Gasteiger partial charge in [0.05, 0.1) is 0 Å². The Hall–Kier alpha value is -3.68. The van der Waals surface area contributed by atoms with Crippen molar-refractivity contribution in [2.75, 3.05) is 6.54 Å². The van der Waals surface area contributed by atoms with Crippen LogP contribution in [0.15, 0.2) is 48.5 Å². The minimum atomic E-state index is -1.40. The molecule has 1 atom stereocenters. The zero-order chi connectivity index (χ0) is 23.8. The van der Waals surface area contributed by atoms with Crippen molar-refractivity contribution in [1.82, 2.24) is 9.80 Å². The van der Waals surface area contributed by atoms with Crippen LogP contribution in [0.25, 0.3) is 0 Å². The van der Waals surface area contributed by atoms with Gasteiger partial charge < -0.3 is 15.7 Å². The Morgan fingerprint density at radius 2 is 1.62 bits per heavy atom. The van der Waals surface area contributed by atoms with Crippen LogP contribution in [0.4, 0.5) is 4.79 Å². The first-order chi connectivity index (χ1) is 14.9. The second-order valence-electron chi connectivity index (χ2n) is 9.16. The number of carboxylic acid groups (broad SMARTS) is 1. The summed E-state index contributed by atoms with van der Waals surface area (Å²) in [6.07, 6.45) is 0. The van der Waals surface area contributed by atoms with Crippen molar-refractivity contribution in [3.63, 3.8) is 0 Å². The van der Waals surface area contributed by atoms with Crippen LogP contribution in [0.5, 0.6) is 0 Å². The third-order valence-electron chi connectivity index (χ3n) is 5.88. The van der Waals surface area contributed by atoms with E-state index >= 15 is 0 Å². The minimum absolute atomic E-state index is 0.0246. The van der Waals surface area contributed by atoms with Crippen LogP contribution in [0.2, 0.25) is 0 Å². The Morgan fingerprint density at radius 3 is 2.09 bits per heavy atom. The summed E-state index contributed by atoms with van der Waals surface area (Å²) in [7, 11) is 0. The molecule has 0 bridgehead atoms. The summed E-state index contributed by atoms with van der Waals surface area (Å²) in [6, 6.07) is 13.7. The molecule has 3 rings (SSSR count). The third-order valence-corrected chi connectivity index (χ3v) is 5.88. The molecule has 1 aliphatic heterocycles. The number of nitrogen functional groups attached to an aromatic ring is 1. The first-order valence-corrected chi connectivity index (χ1v) is 10.3. The summed E-state index contributed by atoms with van der Waals surface area (Å²) < 4.78 is 0. The number of rotatable bonds is 6. The maximum Gasteiger partial charge on any atom is 0.328 e. The summed E-state index contributed by atoms with van der Waals surface area (Å²) in [5, 5.41) is 16.8. The van der Waals surface area contributed by atoms with Gasteiger partial charge in [-0.25, -0.2) is 4.79 Å². The molecule has 0 aliphatic carbocycles. The highest BCUT2D eigenvalue weighted by Crippen LogP contribution is 2.38. The van der Waals surface area contributed by atoms with Crippen LogP contribution in [0.1, 0.15) is 49.9 Å². The molecule has 8 nitrogen and oxygen atoms in total. The maximum atomic E-state index is 13.3. The van der Waals surface area contributed by atoms with Crippen LogP contribution in [0.3, 0.4) is 0 Å². The average Bonchev–Trinajstić information content (AvgIpc) is 2.90. The number of imide groups is 1. The van der Waals surface area contributed by atoms with E-state index in [1.165, 1.54) is 4.90 Å². The molecule has 2 aromatic rings. The molecule has 32 heavy (non-hydrogen) atoms. The van der Waals surface area contributed by atoms with Gasteiger partial charge in [-0.15, -0.1) is 0 Å². The highest BCUT2D eigenvalue weighted by atomic mass is 16.4. The number of carboxylic acids is 1. The van der Waals surface area contributed by atoms with E-state index < -0.39 is 30.0 Å². The van der Waals surface area contributed by atoms with Crippen LogP contribution >= 0.6 is 0 Å². The van der Waals surface area contributed by atoms with E-state index in [9.17, 15) is 19.5 Å². The number of hydrogen-bond donors (Lipinski definition) is 3. The number of benzene rings is 2. The van der Waals surface area contributed by atoms with Crippen LogP contribution in [0, 0.1) is 5.41 Å². The molecule has 3 amide bonds. The lowest BCUT2D eigenvalue weighted by Gasteiger charge is -2.32. The van der Waals surface area contributed by atoms with Crippen molar-refractivity contribution in [3.05, 3.63) is 70.8 Å². The van der Waals surface area contributed by atoms with Crippen LogP contribution in [-0.4, -0.2) is 45.2 Å². The molecule has 1 heterocycles. The Morgan fingerprint density at radius 1 is 1.06 bits per heavy atom. The normalized spacial score (nSPS) is 18.9. The van der Waals surface area contributed by atoms with E-state index in [0.717, 1.165) is 16.0 Å². The van der Waals surface area contributed by atoms with E-state index in [1.54, 1.807) is 31.2 Å². The SMILES string of the molecule is CC(C)(C)c1ccc(CN2C(=O)N(CC(=O)O)C(=O)[C@@]2(C)c2ccc(C(=N)N)cc2)cc1. The zero-order valence-electron chi connectivity index (χ0n) is 18.7. The molecule has 0 radical (unpaired) electrons. The lowest BCUT2D eigenvalue weighted by molar-refractivity contribution is -0.143. The molecule has 0 aromatic heterocycles. The highest BCUT2D eigenvalue weighted by molar-refractivity contribution is 6.08. The molecule has 0 spiro atoms. The largest absolute Gasteiger partial charge is 0.480 e. The second kappa shape index (κ2) is 8.11. The first-order valence-electron chi connectivity index (χ1n) is 10.3. The minimum Gasteiger partial charge on any atom is -0.480 e. The summed E-state index contributed by atoms with van der Waals surface area (Å²) in [6.45, 7) is 7.36. The molecule has 4 N–H and O–H groups in total. The molecular weight excluding hydrogens is 408 g/mol. The first kappa shape index (κ1) is 23.0. The molecule has 1 fully saturated rings. The van der Waals surface area contributed by atoms with Gasteiger partial charge >= 0.3 is 12.0 Å². The lowest BCUT2D eigenvalue weighted by atomic mass is 9.86. The maximum absolute atomic E-state index is 13.3. The van der Waals surface area contributed by atoms with Crippen molar-refractivity contribution in [2.45, 2.75) is 45.2 Å². The fourth-order valence-electron chi connectivity index (χ4n) is 3.85. The Kier molecular flexibility index (Phi) is 5.82. The third kappa shape index (κ3) is 4.08. The Labute approximate surface area is 187 Å². The predicted molar refractivity (Wildman–Crippen MR) is 120 cm³/mol. The molecule has 1 aliphatic rings. The number of carbonyl (C=O) groups excluding carboxylic acids is 2. The van der Waals surface area contributed by atoms with Gasteiger partial charge in [0.2, 0.25) is 0 Å². The summed E-state index contributed by atoms with van der Waals surface area (Å²) >= 11 is 0. The van der Waals surface area contributed by atoms with Gasteiger partial charge in [-0.05, 0) is 29.0 Å². The zero-order valence-corrected chi connectivity index (χ0v) is 18.7. The van der Waals surface area contributed by atoms with Crippen LogP contribution in [-0.2, 0) is 27.1 Å². The van der Waals surface area contributed by atoms with Crippen LogP contribution < -0.4 is 5.73 Å². The quantitative estimate of drug-likeness (QED) is 0.364. The standard InChI is InChI=1S/C24H28N4O4/c1-23(2,3)17-9-5-15(6-10-17)13-28-22(32)27(14-19(29)30)21(31)24(28,4)18-11-7-16(8-12-18)20(25)26/h5-12H,13-14H2,1-4H3,(H3,25,26)(H,29,30)/t24-/m1/s1. The van der Waals surface area contributed by atoms with Gasteiger partial charge in [-0.2, -0.15) is 0 Å². The van der Waals surface area contributed by atoms with Crippen molar-refractivity contribution in [1.29, 1.82) is 5.41 Å². The number of amides is 3. The van der Waals surface area contributed by atoms with E-state index in [1.807, 2.05) is 24.3 Å². The number of nitrogens with zero attached hydrogens (tertiary/aromatic N) is 2. The number of urea groups is 1. The van der Waals surface area contributed by atoms with Gasteiger partial charge in [0.15, 0.2) is 0 Å². The number of hydrogen-bond acceptors (Lipinski definition) is 4. The van der Waals surface area contributed by atoms with Crippen molar-refractivity contribution in [2.24, 2.45) is 5.73 Å². The van der Waals surface area contributed by atoms with E-state index in [2.05, 4.69) is 20.8 Å². The second-order valence-corrected chi connectivity index (χ2v) is 9.16. The van der Waals surface area contributed by atoms with E-state index in [0.29, 0.717) is 11.1 Å². The molecule has 1 saturated heterocycles. The van der Waals surface area contributed by atoms with Gasteiger partial charge in [-0.1, -0.05) is 69.3 Å². The van der Waals surface area contributed by atoms with Gasteiger partial charge in [0, 0.05) is 12.1 Å². The van der Waals surface area contributed by atoms with Crippen molar-refractivity contribution in [3.8, 4) is 0 Å². The number of carbonyl (C=O) groups is 3. The molecular formula is C24H28N4O4. The van der Waals surface area contributed by atoms with Gasteiger partial charge in [0.25, 0.3) is 5.91 Å². The van der Waals surface area contributed by atoms with E-state index in [-0.39, 0.29) is 17.8 Å². The Balaban J connectivity index is 2.03. The monoisotopic (exact) mass is 436 g/mol. The fourth-order valence-corrected chi connectivity index (χ4v) is 3.85. The summed E-state index contributed by atoms with van der Waals surface area (Å²) in [5.41, 5.74) is 7.07. The number of aliphatic carboxylic acids is 1. The van der Waals surface area contributed by atoms with Crippen molar-refractivity contribution >= 4 is 23.7 Å². The summed E-state index contributed by atoms with van der Waals surface area (Å²) in [5.74, 6) is -1.98. The van der Waals surface area contributed by atoms with Crippen molar-refractivity contribution < 1.29 is 19.5 Å². The molecule has 0 saturated carbocycles. The smallest absolute Gasteiger partial charge is 0.328 e. The Bertz CT molecular complexity index is 1070. The number of amidine groups is 1. The number of nitrogens with one attached hydrogen (secondary N) is 1. The predicted octanol–water partition coefficient (Wildman–Crippen LogP) is 3.03.